The molecule has 0 aliphatic carbocycles. The monoisotopic (exact) mass is 551 g/mol. The average molecular weight is 552 g/mol. The number of pyridine rings is 1. The van der Waals surface area contributed by atoms with E-state index in [1.807, 2.05) is 68.4 Å². The van der Waals surface area contributed by atoms with Crippen molar-refractivity contribution in [2.24, 2.45) is 5.10 Å². The van der Waals surface area contributed by atoms with Crippen LogP contribution in [-0.4, -0.2) is 33.2 Å². The van der Waals surface area contributed by atoms with Crippen molar-refractivity contribution in [2.45, 2.75) is 23.6 Å². The Morgan fingerprint density at radius 1 is 1.05 bits per heavy atom. The molecule has 200 valence electrons. The molecule has 0 atom stereocenters. The quantitative estimate of drug-likeness (QED) is 0.132. The minimum atomic E-state index is -0.405. The molecule has 0 unspecified atom stereocenters. The van der Waals surface area contributed by atoms with Crippen molar-refractivity contribution in [1.82, 2.24) is 15.0 Å². The van der Waals surface area contributed by atoms with E-state index in [1.54, 1.807) is 30.6 Å². The van der Waals surface area contributed by atoms with E-state index < -0.39 is 4.92 Å². The smallest absolute Gasteiger partial charge is 0.277 e. The third-order valence-electron chi connectivity index (χ3n) is 6.20. The van der Waals surface area contributed by atoms with E-state index in [1.165, 1.54) is 23.9 Å². The minimum Gasteiger partial charge on any atom is -0.481 e. The second kappa shape index (κ2) is 11.8. The normalized spacial score (nSPS) is 11.2. The van der Waals surface area contributed by atoms with Crippen LogP contribution in [0.15, 0.2) is 106 Å². The number of amides is 1. The van der Waals surface area contributed by atoms with Gasteiger partial charge in [0.25, 0.3) is 11.6 Å². The van der Waals surface area contributed by atoms with Crippen LogP contribution < -0.4 is 10.2 Å². The topological polar surface area (TPSA) is 112 Å². The predicted octanol–water partition coefficient (Wildman–Crippen LogP) is 6.23. The van der Waals surface area contributed by atoms with E-state index in [4.69, 9.17) is 4.74 Å². The van der Waals surface area contributed by atoms with Gasteiger partial charge in [-0.05, 0) is 68.4 Å². The van der Waals surface area contributed by atoms with Crippen LogP contribution in [0.4, 0.5) is 5.69 Å². The zero-order valence-corrected chi connectivity index (χ0v) is 22.6. The summed E-state index contributed by atoms with van der Waals surface area (Å²) in [5.41, 5.74) is 7.16. The first-order valence-corrected chi connectivity index (χ1v) is 13.2. The van der Waals surface area contributed by atoms with Gasteiger partial charge in [-0.3, -0.25) is 19.9 Å². The Kier molecular flexibility index (Phi) is 7.88. The number of aryl methyl sites for hydroxylation is 1. The number of carbonyl (C=O) groups excluding carboxylic acids is 1. The lowest BCUT2D eigenvalue weighted by Crippen LogP contribution is -2.24. The summed E-state index contributed by atoms with van der Waals surface area (Å²) in [6.07, 6.45) is 3.31. The molecular weight excluding hydrogens is 526 g/mol. The lowest BCUT2D eigenvalue weighted by Gasteiger charge is -2.10. The van der Waals surface area contributed by atoms with E-state index in [-0.39, 0.29) is 18.2 Å². The lowest BCUT2D eigenvalue weighted by atomic mass is 10.2. The summed E-state index contributed by atoms with van der Waals surface area (Å²) in [5.74, 6) is 0.164. The van der Waals surface area contributed by atoms with E-state index in [0.29, 0.717) is 11.3 Å². The number of hydrazone groups is 1. The van der Waals surface area contributed by atoms with Gasteiger partial charge in [0.2, 0.25) is 0 Å². The van der Waals surface area contributed by atoms with Crippen LogP contribution >= 0.6 is 11.8 Å². The molecule has 3 aromatic carbocycles. The Bertz CT molecular complexity index is 1710. The minimum absolute atomic E-state index is 0.0731. The zero-order chi connectivity index (χ0) is 28.1. The third kappa shape index (κ3) is 6.02. The fourth-order valence-electron chi connectivity index (χ4n) is 4.29. The molecule has 0 spiro atoms. The van der Waals surface area contributed by atoms with Gasteiger partial charge in [-0.2, -0.15) is 5.10 Å². The standard InChI is InChI=1S/C30H25N5O4S/c1-20-17-23(18-32-33-29(36)19-39-28-7-3-5-22-6-4-16-31-30(22)28)21(2)34(20)24-8-12-26(13-9-24)40-27-14-10-25(11-15-27)35(37)38/h3-18H,19H2,1-2H3,(H,33,36)/b32-18+. The molecule has 1 amide bonds. The number of benzene rings is 3. The second-order valence-electron chi connectivity index (χ2n) is 8.92. The summed E-state index contributed by atoms with van der Waals surface area (Å²) < 4.78 is 7.78. The maximum atomic E-state index is 12.3. The number of nitro groups is 1. The van der Waals surface area contributed by atoms with Crippen LogP contribution in [0.3, 0.4) is 0 Å². The zero-order valence-electron chi connectivity index (χ0n) is 21.8. The van der Waals surface area contributed by atoms with Crippen LogP contribution in [-0.2, 0) is 4.79 Å². The highest BCUT2D eigenvalue weighted by molar-refractivity contribution is 7.99. The number of nitrogens with zero attached hydrogens (tertiary/aromatic N) is 4. The van der Waals surface area contributed by atoms with Gasteiger partial charge in [0.15, 0.2) is 6.61 Å². The van der Waals surface area contributed by atoms with Crippen LogP contribution in [0.25, 0.3) is 16.6 Å². The third-order valence-corrected chi connectivity index (χ3v) is 7.21. The SMILES string of the molecule is Cc1cc(/C=N/NC(=O)COc2cccc3cccnc23)c(C)n1-c1ccc(Sc2ccc([N+](=O)[O-])cc2)cc1. The number of nitro benzene ring substituents is 1. The van der Waals surface area contributed by atoms with Crippen molar-refractivity contribution < 1.29 is 14.5 Å². The van der Waals surface area contributed by atoms with Gasteiger partial charge >= 0.3 is 0 Å². The maximum Gasteiger partial charge on any atom is 0.277 e. The molecule has 2 heterocycles. The number of nitrogens with one attached hydrogen (secondary N) is 1. The summed E-state index contributed by atoms with van der Waals surface area (Å²) in [7, 11) is 0. The number of fused-ring (bicyclic) bond motifs is 1. The van der Waals surface area contributed by atoms with Gasteiger partial charge in [0.1, 0.15) is 11.3 Å². The molecule has 0 saturated heterocycles. The average Bonchev–Trinajstić information content (AvgIpc) is 3.25. The first-order chi connectivity index (χ1) is 19.4. The van der Waals surface area contributed by atoms with Crippen molar-refractivity contribution in [3.8, 4) is 11.4 Å². The summed E-state index contributed by atoms with van der Waals surface area (Å²) in [5, 5.41) is 15.9. The van der Waals surface area contributed by atoms with Crippen molar-refractivity contribution in [3.63, 3.8) is 0 Å². The van der Waals surface area contributed by atoms with Crippen LogP contribution in [0, 0.1) is 24.0 Å². The van der Waals surface area contributed by atoms with E-state index >= 15 is 0 Å². The molecule has 0 aliphatic heterocycles. The molecule has 5 rings (SSSR count). The molecule has 5 aromatic rings. The van der Waals surface area contributed by atoms with Crippen molar-refractivity contribution in [2.75, 3.05) is 6.61 Å². The molecule has 0 aliphatic rings. The van der Waals surface area contributed by atoms with Crippen LogP contribution in [0.2, 0.25) is 0 Å². The highest BCUT2D eigenvalue weighted by Crippen LogP contribution is 2.30. The fraction of sp³-hybridized carbons (Fsp3) is 0.100. The van der Waals surface area contributed by atoms with Gasteiger partial charge in [-0.1, -0.05) is 30.0 Å². The molecule has 0 fully saturated rings. The highest BCUT2D eigenvalue weighted by atomic mass is 32.2. The first kappa shape index (κ1) is 26.6. The van der Waals surface area contributed by atoms with Crippen molar-refractivity contribution >= 4 is 40.5 Å². The van der Waals surface area contributed by atoms with E-state index in [9.17, 15) is 14.9 Å². The Hall–Kier alpha value is -4.96. The number of rotatable bonds is 9. The molecule has 0 radical (unpaired) electrons. The Morgan fingerprint density at radius 3 is 2.48 bits per heavy atom. The predicted molar refractivity (Wildman–Crippen MR) is 155 cm³/mol. The maximum absolute atomic E-state index is 12.3. The number of aromatic nitrogens is 2. The molecule has 9 nitrogen and oxygen atoms in total. The summed E-state index contributed by atoms with van der Waals surface area (Å²) in [6, 6.07) is 25.9. The number of carbonyl (C=O) groups is 1. The van der Waals surface area contributed by atoms with Gasteiger partial charge in [0, 0.05) is 56.1 Å². The van der Waals surface area contributed by atoms with Crippen molar-refractivity contribution in [3.05, 3.63) is 118 Å². The largest absolute Gasteiger partial charge is 0.481 e. The Balaban J connectivity index is 1.20. The summed E-state index contributed by atoms with van der Waals surface area (Å²) in [6.45, 7) is 3.82. The molecule has 2 aromatic heterocycles. The summed E-state index contributed by atoms with van der Waals surface area (Å²) in [4.78, 5) is 29.0. The first-order valence-electron chi connectivity index (χ1n) is 12.4. The van der Waals surface area contributed by atoms with Gasteiger partial charge in [-0.15, -0.1) is 0 Å². The Labute approximate surface area is 234 Å². The fourth-order valence-corrected chi connectivity index (χ4v) is 5.11. The van der Waals surface area contributed by atoms with Crippen LogP contribution in [0.1, 0.15) is 17.0 Å². The van der Waals surface area contributed by atoms with Crippen molar-refractivity contribution in [1.29, 1.82) is 0 Å². The Morgan fingerprint density at radius 2 is 1.75 bits per heavy atom. The van der Waals surface area contributed by atoms with E-state index in [0.717, 1.165) is 37.8 Å². The lowest BCUT2D eigenvalue weighted by molar-refractivity contribution is -0.384. The molecule has 40 heavy (non-hydrogen) atoms. The molecular formula is C30H25N5O4S. The number of non-ortho nitro benzene ring substituents is 1. The van der Waals surface area contributed by atoms with E-state index in [2.05, 4.69) is 20.1 Å². The van der Waals surface area contributed by atoms with Crippen LogP contribution in [0.5, 0.6) is 5.75 Å². The van der Waals surface area contributed by atoms with Gasteiger partial charge < -0.3 is 9.30 Å². The second-order valence-corrected chi connectivity index (χ2v) is 10.1. The summed E-state index contributed by atoms with van der Waals surface area (Å²) >= 11 is 1.54. The van der Waals surface area contributed by atoms with Gasteiger partial charge in [0.05, 0.1) is 11.1 Å². The highest BCUT2D eigenvalue weighted by Gasteiger charge is 2.11. The number of hydrogen-bond acceptors (Lipinski definition) is 7. The molecule has 0 saturated carbocycles. The number of para-hydroxylation sites is 1. The molecule has 0 bridgehead atoms. The number of ether oxygens (including phenoxy) is 1. The number of hydrogen-bond donors (Lipinski definition) is 1. The molecule has 1 N–H and O–H groups in total. The van der Waals surface area contributed by atoms with Gasteiger partial charge in [-0.25, -0.2) is 5.43 Å². The molecule has 10 heteroatoms.